The van der Waals surface area contributed by atoms with Crippen molar-refractivity contribution in [1.82, 2.24) is 25.4 Å². The molecule has 0 radical (unpaired) electrons. The first-order valence-electron chi connectivity index (χ1n) is 9.62. The van der Waals surface area contributed by atoms with E-state index in [1.54, 1.807) is 31.2 Å². The Hall–Kier alpha value is -2.98. The molecule has 30 heavy (non-hydrogen) atoms. The van der Waals surface area contributed by atoms with Crippen molar-refractivity contribution in [3.63, 3.8) is 0 Å². The molecule has 1 aliphatic carbocycles. The van der Waals surface area contributed by atoms with Crippen LogP contribution in [0.15, 0.2) is 24.3 Å². The molecule has 4 amide bonds. The van der Waals surface area contributed by atoms with E-state index in [0.717, 1.165) is 23.3 Å². The lowest BCUT2D eigenvalue weighted by molar-refractivity contribution is -0.136. The van der Waals surface area contributed by atoms with Crippen LogP contribution in [0.3, 0.4) is 0 Å². The van der Waals surface area contributed by atoms with Crippen molar-refractivity contribution >= 4 is 35.9 Å². The zero-order chi connectivity index (χ0) is 20.6. The molecule has 11 heteroatoms. The molecule has 2 aromatic rings. The molecule has 0 bridgehead atoms. The van der Waals surface area contributed by atoms with Gasteiger partial charge in [0.2, 0.25) is 5.91 Å². The summed E-state index contributed by atoms with van der Waals surface area (Å²) in [5.74, 6) is 0.357. The second kappa shape index (κ2) is 8.41. The third kappa shape index (κ3) is 3.75. The van der Waals surface area contributed by atoms with E-state index in [2.05, 4.69) is 25.8 Å². The minimum absolute atomic E-state index is 0. The van der Waals surface area contributed by atoms with E-state index in [4.69, 9.17) is 5.73 Å². The first-order chi connectivity index (χ1) is 13.9. The van der Waals surface area contributed by atoms with Crippen molar-refractivity contribution in [1.29, 1.82) is 0 Å². The van der Waals surface area contributed by atoms with Crippen molar-refractivity contribution in [2.75, 3.05) is 5.32 Å². The highest BCUT2D eigenvalue weighted by atomic mass is 35.5. The lowest BCUT2D eigenvalue weighted by atomic mass is 9.97. The molecule has 2 fully saturated rings. The number of H-pyrrole nitrogens is 1. The highest BCUT2D eigenvalue weighted by Gasteiger charge is 2.54. The summed E-state index contributed by atoms with van der Waals surface area (Å²) < 4.78 is 0. The molecule has 1 unspecified atom stereocenters. The van der Waals surface area contributed by atoms with Gasteiger partial charge in [0.15, 0.2) is 5.82 Å². The number of urea groups is 1. The highest BCUT2D eigenvalue weighted by molar-refractivity contribution is 6.11. The number of aromatic amines is 1. The molecular formula is C19H24ClN7O3. The smallest absolute Gasteiger partial charge is 0.324 e. The van der Waals surface area contributed by atoms with Crippen LogP contribution >= 0.6 is 12.4 Å². The van der Waals surface area contributed by atoms with Crippen LogP contribution < -0.4 is 16.4 Å². The van der Waals surface area contributed by atoms with Crippen LogP contribution in [0.4, 0.5) is 10.5 Å². The second-order valence-electron chi connectivity index (χ2n) is 7.45. The summed E-state index contributed by atoms with van der Waals surface area (Å²) in [6.07, 6.45) is 3.03. The van der Waals surface area contributed by atoms with Gasteiger partial charge in [0.05, 0.1) is 6.54 Å². The number of aromatic nitrogens is 3. The Balaban J connectivity index is 0.00000256. The molecule has 5 N–H and O–H groups in total. The average molecular weight is 434 g/mol. The number of halogens is 1. The topological polar surface area (TPSA) is 146 Å². The molecule has 1 aromatic carbocycles. The Morgan fingerprint density at radius 2 is 1.93 bits per heavy atom. The van der Waals surface area contributed by atoms with Crippen molar-refractivity contribution in [3.8, 4) is 11.4 Å². The number of nitrogens with one attached hydrogen (secondary N) is 3. The lowest BCUT2D eigenvalue weighted by Crippen LogP contribution is -2.48. The SMILES string of the molecule is CC(C(=O)Nc1ccc(-c2n[nH]c(CN)n2)cc1)N1C(=O)NC2(CCCC2)C1=O.Cl. The Bertz CT molecular complexity index is 953. The number of hydrogen-bond acceptors (Lipinski definition) is 6. The zero-order valence-corrected chi connectivity index (χ0v) is 17.3. The number of carbonyl (C=O) groups is 3. The molecule has 10 nitrogen and oxygen atoms in total. The molecule has 1 atom stereocenters. The minimum atomic E-state index is -0.915. The van der Waals surface area contributed by atoms with Crippen molar-refractivity contribution in [2.24, 2.45) is 5.73 Å². The number of nitrogens with zero attached hydrogens (tertiary/aromatic N) is 3. The quantitative estimate of drug-likeness (QED) is 0.526. The number of amides is 4. The van der Waals surface area contributed by atoms with Gasteiger partial charge < -0.3 is 16.4 Å². The minimum Gasteiger partial charge on any atom is -0.324 e. The van der Waals surface area contributed by atoms with E-state index in [-0.39, 0.29) is 24.9 Å². The van der Waals surface area contributed by atoms with Crippen LogP contribution in [0.25, 0.3) is 11.4 Å². The summed E-state index contributed by atoms with van der Waals surface area (Å²) in [6, 6.07) is 5.54. The molecule has 2 aliphatic rings. The summed E-state index contributed by atoms with van der Waals surface area (Å²) in [5, 5.41) is 12.4. The molecule has 1 aliphatic heterocycles. The number of carbonyl (C=O) groups excluding carboxylic acids is 3. The summed E-state index contributed by atoms with van der Waals surface area (Å²) in [7, 11) is 0. The summed E-state index contributed by atoms with van der Waals surface area (Å²) in [4.78, 5) is 43.1. The molecular weight excluding hydrogens is 410 g/mol. The van der Waals surface area contributed by atoms with Crippen LogP contribution in [0, 0.1) is 0 Å². The van der Waals surface area contributed by atoms with Gasteiger partial charge in [-0.25, -0.2) is 14.7 Å². The Morgan fingerprint density at radius 3 is 2.53 bits per heavy atom. The van der Waals surface area contributed by atoms with Crippen molar-refractivity contribution in [2.45, 2.75) is 50.7 Å². The van der Waals surface area contributed by atoms with E-state index in [9.17, 15) is 14.4 Å². The number of nitrogens with two attached hydrogens (primary N) is 1. The summed E-state index contributed by atoms with van der Waals surface area (Å²) in [6.45, 7) is 1.82. The molecule has 1 spiro atoms. The zero-order valence-electron chi connectivity index (χ0n) is 16.5. The summed E-state index contributed by atoms with van der Waals surface area (Å²) >= 11 is 0. The van der Waals surface area contributed by atoms with Crippen LogP contribution in [0.1, 0.15) is 38.4 Å². The fourth-order valence-corrected chi connectivity index (χ4v) is 3.89. The van der Waals surface area contributed by atoms with Crippen LogP contribution in [0.5, 0.6) is 0 Å². The number of anilines is 1. The Labute approximate surface area is 179 Å². The molecule has 4 rings (SSSR count). The van der Waals surface area contributed by atoms with Gasteiger partial charge in [0, 0.05) is 11.3 Å². The molecule has 1 aromatic heterocycles. The molecule has 1 saturated carbocycles. The van der Waals surface area contributed by atoms with E-state index in [1.807, 2.05) is 0 Å². The monoisotopic (exact) mass is 433 g/mol. The normalized spacial score (nSPS) is 18.3. The standard InChI is InChI=1S/C19H23N7O3.ClH/c1-11(26-17(28)19(23-18(26)29)8-2-3-9-19)16(27)21-13-6-4-12(5-7-13)15-22-14(10-20)24-25-15;/h4-7,11H,2-3,8-10,20H2,1H3,(H,21,27)(H,23,29)(H,22,24,25);1H. The predicted molar refractivity (Wildman–Crippen MR) is 112 cm³/mol. The van der Waals surface area contributed by atoms with Crippen molar-refractivity contribution < 1.29 is 14.4 Å². The average Bonchev–Trinajstić information content (AvgIpc) is 3.43. The molecule has 2 heterocycles. The van der Waals surface area contributed by atoms with Gasteiger partial charge in [0.25, 0.3) is 5.91 Å². The lowest BCUT2D eigenvalue weighted by Gasteiger charge is -2.23. The van der Waals surface area contributed by atoms with E-state index in [1.165, 1.54) is 0 Å². The van der Waals surface area contributed by atoms with Crippen LogP contribution in [-0.2, 0) is 16.1 Å². The maximum atomic E-state index is 12.8. The highest BCUT2D eigenvalue weighted by Crippen LogP contribution is 2.35. The van der Waals surface area contributed by atoms with Gasteiger partial charge in [0.1, 0.15) is 17.4 Å². The van der Waals surface area contributed by atoms with Gasteiger partial charge in [-0.15, -0.1) is 12.4 Å². The van der Waals surface area contributed by atoms with E-state index < -0.39 is 23.5 Å². The first kappa shape index (κ1) is 21.7. The second-order valence-corrected chi connectivity index (χ2v) is 7.45. The molecule has 1 saturated heterocycles. The van der Waals surface area contributed by atoms with Gasteiger partial charge in [-0.2, -0.15) is 5.10 Å². The van der Waals surface area contributed by atoms with Crippen LogP contribution in [-0.4, -0.2) is 49.5 Å². The number of imide groups is 1. The molecule has 160 valence electrons. The predicted octanol–water partition coefficient (Wildman–Crippen LogP) is 1.54. The van der Waals surface area contributed by atoms with Gasteiger partial charge >= 0.3 is 6.03 Å². The maximum Gasteiger partial charge on any atom is 0.325 e. The Kier molecular flexibility index (Phi) is 6.09. The third-order valence-corrected chi connectivity index (χ3v) is 5.55. The van der Waals surface area contributed by atoms with E-state index in [0.29, 0.717) is 30.2 Å². The largest absolute Gasteiger partial charge is 0.325 e. The van der Waals surface area contributed by atoms with Crippen molar-refractivity contribution in [3.05, 3.63) is 30.1 Å². The first-order valence-corrected chi connectivity index (χ1v) is 9.62. The van der Waals surface area contributed by atoms with Crippen LogP contribution in [0.2, 0.25) is 0 Å². The third-order valence-electron chi connectivity index (χ3n) is 5.55. The fourth-order valence-electron chi connectivity index (χ4n) is 3.89. The van der Waals surface area contributed by atoms with Gasteiger partial charge in [-0.1, -0.05) is 12.8 Å². The van der Waals surface area contributed by atoms with Gasteiger partial charge in [-0.3, -0.25) is 14.7 Å². The Morgan fingerprint density at radius 1 is 1.27 bits per heavy atom. The fraction of sp³-hybridized carbons (Fsp3) is 0.421. The van der Waals surface area contributed by atoms with Gasteiger partial charge in [-0.05, 0) is 44.0 Å². The number of benzene rings is 1. The maximum absolute atomic E-state index is 12.8. The number of rotatable bonds is 5. The number of hydrogen-bond donors (Lipinski definition) is 4. The van der Waals surface area contributed by atoms with E-state index >= 15 is 0 Å². The summed E-state index contributed by atoms with van der Waals surface area (Å²) in [5.41, 5.74) is 6.01.